The summed E-state index contributed by atoms with van der Waals surface area (Å²) in [6.45, 7) is 1.17. The monoisotopic (exact) mass is 436 g/mol. The van der Waals surface area contributed by atoms with E-state index in [0.29, 0.717) is 5.69 Å². The molecule has 0 fully saturated rings. The van der Waals surface area contributed by atoms with Gasteiger partial charge < -0.3 is 24.8 Å². The zero-order chi connectivity index (χ0) is 21.5. The number of anilines is 2. The number of fused-ring (bicyclic) bond motifs is 2. The molecule has 0 aromatic heterocycles. The number of carbonyl (C=O) groups is 3. The molecule has 2 aromatic carbocycles. The number of nitrogens with one attached hydrogen (secondary N) is 2. The Morgan fingerprint density at radius 3 is 2.77 bits per heavy atom. The lowest BCUT2D eigenvalue weighted by Crippen LogP contribution is -2.26. The third kappa shape index (κ3) is 4.15. The van der Waals surface area contributed by atoms with E-state index >= 15 is 0 Å². The van der Waals surface area contributed by atoms with Crippen molar-refractivity contribution < 1.29 is 37.4 Å². The molecule has 0 saturated carbocycles. The maximum Gasteiger partial charge on any atom is 0.586 e. The first-order valence-corrected chi connectivity index (χ1v) is 9.56. The fourth-order valence-corrected chi connectivity index (χ4v) is 3.70. The molecule has 0 spiro atoms. The molecular weight excluding hydrogens is 422 g/mol. The summed E-state index contributed by atoms with van der Waals surface area (Å²) in [5, 5.41) is 4.88. The second-order valence-corrected chi connectivity index (χ2v) is 7.80. The van der Waals surface area contributed by atoms with Crippen LogP contribution in [0.4, 0.5) is 20.2 Å². The van der Waals surface area contributed by atoms with Crippen molar-refractivity contribution in [2.75, 3.05) is 17.2 Å². The minimum Gasteiger partial charge on any atom is -0.452 e. The number of carbonyl (C=O) groups excluding carboxylic acids is 3. The first-order chi connectivity index (χ1) is 14.2. The van der Waals surface area contributed by atoms with Gasteiger partial charge in [-0.25, -0.2) is 4.79 Å². The van der Waals surface area contributed by atoms with Gasteiger partial charge in [-0.05, 0) is 37.3 Å². The van der Waals surface area contributed by atoms with E-state index in [1.165, 1.54) is 42.1 Å². The Morgan fingerprint density at radius 2 is 1.97 bits per heavy atom. The van der Waals surface area contributed by atoms with Crippen LogP contribution < -0.4 is 20.1 Å². The number of benzene rings is 2. The van der Waals surface area contributed by atoms with E-state index in [4.69, 9.17) is 4.74 Å². The fraction of sp³-hybridized carbons (Fsp3) is 0.211. The molecule has 0 bridgehead atoms. The largest absolute Gasteiger partial charge is 0.586 e. The summed E-state index contributed by atoms with van der Waals surface area (Å²) in [6, 6.07) is 8.43. The first-order valence-electron chi connectivity index (χ1n) is 8.69. The summed E-state index contributed by atoms with van der Waals surface area (Å²) in [5.74, 6) is -1.98. The second-order valence-electron chi connectivity index (χ2n) is 6.41. The van der Waals surface area contributed by atoms with E-state index in [9.17, 15) is 23.2 Å². The topological polar surface area (TPSA) is 103 Å². The zero-order valence-corrected chi connectivity index (χ0v) is 16.2. The SMILES string of the molecule is CC1Sc2ccc(C(=O)OCC(=O)Nc3ccc4c(c3)OC(F)(F)O4)cc2NC1=O. The molecule has 0 saturated heterocycles. The van der Waals surface area contributed by atoms with E-state index in [-0.39, 0.29) is 33.9 Å². The molecule has 8 nitrogen and oxygen atoms in total. The molecule has 2 aromatic rings. The van der Waals surface area contributed by atoms with Gasteiger partial charge in [-0.15, -0.1) is 20.5 Å². The number of halogens is 2. The number of amides is 2. The van der Waals surface area contributed by atoms with Gasteiger partial charge in [0.25, 0.3) is 5.91 Å². The molecule has 2 amide bonds. The molecule has 2 aliphatic heterocycles. The average molecular weight is 436 g/mol. The zero-order valence-electron chi connectivity index (χ0n) is 15.4. The van der Waals surface area contributed by atoms with Gasteiger partial charge in [0.1, 0.15) is 0 Å². The van der Waals surface area contributed by atoms with Crippen LogP contribution >= 0.6 is 11.8 Å². The molecule has 156 valence electrons. The Labute approximate surface area is 172 Å². The van der Waals surface area contributed by atoms with Gasteiger partial charge >= 0.3 is 12.3 Å². The molecule has 11 heteroatoms. The number of alkyl halides is 2. The van der Waals surface area contributed by atoms with Crippen molar-refractivity contribution in [2.24, 2.45) is 0 Å². The molecule has 0 radical (unpaired) electrons. The quantitative estimate of drug-likeness (QED) is 0.710. The number of ether oxygens (including phenoxy) is 3. The smallest absolute Gasteiger partial charge is 0.452 e. The predicted octanol–water partition coefficient (Wildman–Crippen LogP) is 3.24. The van der Waals surface area contributed by atoms with Gasteiger partial charge in [0.2, 0.25) is 5.91 Å². The highest BCUT2D eigenvalue weighted by Gasteiger charge is 2.43. The molecular formula is C19H14F2N2O6S. The highest BCUT2D eigenvalue weighted by atomic mass is 32.2. The van der Waals surface area contributed by atoms with Crippen molar-refractivity contribution in [3.05, 3.63) is 42.0 Å². The van der Waals surface area contributed by atoms with Crippen molar-refractivity contribution in [1.82, 2.24) is 0 Å². The van der Waals surface area contributed by atoms with Crippen molar-refractivity contribution in [2.45, 2.75) is 23.4 Å². The number of hydrogen-bond donors (Lipinski definition) is 2. The number of thioether (sulfide) groups is 1. The van der Waals surface area contributed by atoms with E-state index in [1.54, 1.807) is 13.0 Å². The lowest BCUT2D eigenvalue weighted by molar-refractivity contribution is -0.286. The first kappa shape index (κ1) is 20.0. The van der Waals surface area contributed by atoms with Gasteiger partial charge in [-0.2, -0.15) is 0 Å². The van der Waals surface area contributed by atoms with Gasteiger partial charge in [0.15, 0.2) is 18.1 Å². The maximum absolute atomic E-state index is 13.0. The maximum atomic E-state index is 13.0. The van der Waals surface area contributed by atoms with E-state index in [0.717, 1.165) is 4.90 Å². The molecule has 0 aliphatic carbocycles. The van der Waals surface area contributed by atoms with E-state index < -0.39 is 24.8 Å². The molecule has 2 aliphatic rings. The summed E-state index contributed by atoms with van der Waals surface area (Å²) in [6.07, 6.45) is -3.76. The third-order valence-corrected chi connectivity index (χ3v) is 5.34. The highest BCUT2D eigenvalue weighted by molar-refractivity contribution is 8.00. The standard InChI is InChI=1S/C19H14F2N2O6S/c1-9-17(25)23-12-6-10(2-5-15(12)30-9)18(26)27-8-16(24)22-11-3-4-13-14(7-11)29-19(20,21)28-13/h2-7,9H,8H2,1H3,(H,22,24)(H,23,25). The van der Waals surface area contributed by atoms with Crippen molar-refractivity contribution in [3.8, 4) is 11.5 Å². The fourth-order valence-electron chi connectivity index (χ4n) is 2.77. The van der Waals surface area contributed by atoms with Crippen LogP contribution in [0.25, 0.3) is 0 Å². The Kier molecular flexibility index (Phi) is 4.98. The molecule has 1 unspecified atom stereocenters. The van der Waals surface area contributed by atoms with Gasteiger partial charge in [-0.3, -0.25) is 9.59 Å². The van der Waals surface area contributed by atoms with Crippen LogP contribution in [0, 0.1) is 0 Å². The Bertz CT molecular complexity index is 1060. The van der Waals surface area contributed by atoms with Crippen LogP contribution in [0.1, 0.15) is 17.3 Å². The molecule has 2 N–H and O–H groups in total. The minimum absolute atomic E-state index is 0.156. The number of hydrogen-bond acceptors (Lipinski definition) is 7. The summed E-state index contributed by atoms with van der Waals surface area (Å²) in [5.41, 5.74) is 0.834. The Morgan fingerprint density at radius 1 is 1.20 bits per heavy atom. The molecule has 2 heterocycles. The van der Waals surface area contributed by atoms with Gasteiger partial charge in [0.05, 0.1) is 16.5 Å². The third-order valence-electron chi connectivity index (χ3n) is 4.17. The normalized spacial score (nSPS) is 18.2. The summed E-state index contributed by atoms with van der Waals surface area (Å²) >= 11 is 1.37. The molecule has 4 rings (SSSR count). The molecule has 30 heavy (non-hydrogen) atoms. The van der Waals surface area contributed by atoms with E-state index in [2.05, 4.69) is 20.1 Å². The highest BCUT2D eigenvalue weighted by Crippen LogP contribution is 2.42. The lowest BCUT2D eigenvalue weighted by atomic mass is 10.2. The van der Waals surface area contributed by atoms with Gasteiger partial charge in [-0.1, -0.05) is 0 Å². The van der Waals surface area contributed by atoms with Crippen LogP contribution in [0.2, 0.25) is 0 Å². The average Bonchev–Trinajstić information content (AvgIpc) is 2.99. The van der Waals surface area contributed by atoms with Crippen LogP contribution in [-0.2, 0) is 14.3 Å². The summed E-state index contributed by atoms with van der Waals surface area (Å²) < 4.78 is 39.6. The predicted molar refractivity (Wildman–Crippen MR) is 102 cm³/mol. The number of esters is 1. The second kappa shape index (κ2) is 7.48. The summed E-state index contributed by atoms with van der Waals surface area (Å²) in [4.78, 5) is 36.8. The Hall–Kier alpha value is -3.34. The Balaban J connectivity index is 1.34. The molecule has 1 atom stereocenters. The van der Waals surface area contributed by atoms with E-state index in [1.807, 2.05) is 0 Å². The van der Waals surface area contributed by atoms with Crippen LogP contribution in [-0.4, -0.2) is 35.9 Å². The van der Waals surface area contributed by atoms with Crippen LogP contribution in [0.5, 0.6) is 11.5 Å². The van der Waals surface area contributed by atoms with Crippen molar-refractivity contribution >= 4 is 40.9 Å². The van der Waals surface area contributed by atoms with Gasteiger partial charge in [0, 0.05) is 16.6 Å². The lowest BCUT2D eigenvalue weighted by Gasteiger charge is -2.21. The van der Waals surface area contributed by atoms with Crippen molar-refractivity contribution in [1.29, 1.82) is 0 Å². The van der Waals surface area contributed by atoms with Crippen molar-refractivity contribution in [3.63, 3.8) is 0 Å². The summed E-state index contributed by atoms with van der Waals surface area (Å²) in [7, 11) is 0. The number of rotatable bonds is 4. The van der Waals surface area contributed by atoms with Crippen LogP contribution in [0.3, 0.4) is 0 Å². The van der Waals surface area contributed by atoms with Crippen LogP contribution in [0.15, 0.2) is 41.3 Å². The minimum atomic E-state index is -3.76.